The third kappa shape index (κ3) is 2.59. The first-order chi connectivity index (χ1) is 10.0. The molecule has 1 aromatic carbocycles. The van der Waals surface area contributed by atoms with Crippen molar-refractivity contribution in [2.75, 3.05) is 7.11 Å². The number of allylic oxidation sites excluding steroid dienone is 1. The van der Waals surface area contributed by atoms with Crippen LogP contribution >= 0.6 is 0 Å². The summed E-state index contributed by atoms with van der Waals surface area (Å²) in [6.07, 6.45) is 0.392. The summed E-state index contributed by atoms with van der Waals surface area (Å²) in [5, 5.41) is 10.4. The van der Waals surface area contributed by atoms with Gasteiger partial charge >= 0.3 is 5.97 Å². The zero-order chi connectivity index (χ0) is 15.6. The van der Waals surface area contributed by atoms with Gasteiger partial charge in [0.1, 0.15) is 5.76 Å². The van der Waals surface area contributed by atoms with E-state index < -0.39 is 23.5 Å². The molecule has 0 heterocycles. The van der Waals surface area contributed by atoms with Gasteiger partial charge in [0.05, 0.1) is 13.5 Å². The summed E-state index contributed by atoms with van der Waals surface area (Å²) in [6.45, 7) is 1.78. The molecule has 5 heteroatoms. The Hall–Kier alpha value is -2.43. The topological polar surface area (TPSA) is 80.7 Å². The maximum Gasteiger partial charge on any atom is 0.306 e. The summed E-state index contributed by atoms with van der Waals surface area (Å²) in [5.41, 5.74) is 0.531. The highest BCUT2D eigenvalue weighted by atomic mass is 16.5. The largest absolute Gasteiger partial charge is 0.507 e. The van der Waals surface area contributed by atoms with Crippen molar-refractivity contribution < 1.29 is 24.2 Å². The summed E-state index contributed by atoms with van der Waals surface area (Å²) in [7, 11) is 1.26. The summed E-state index contributed by atoms with van der Waals surface area (Å²) in [4.78, 5) is 35.8. The summed E-state index contributed by atoms with van der Waals surface area (Å²) in [6, 6.07) is 6.40. The van der Waals surface area contributed by atoms with Crippen molar-refractivity contribution in [1.29, 1.82) is 0 Å². The van der Waals surface area contributed by atoms with Crippen LogP contribution in [-0.2, 0) is 14.3 Å². The number of hydrogen-bond acceptors (Lipinski definition) is 5. The van der Waals surface area contributed by atoms with Crippen molar-refractivity contribution in [1.82, 2.24) is 0 Å². The molecule has 0 amide bonds. The van der Waals surface area contributed by atoms with E-state index in [9.17, 15) is 19.5 Å². The zero-order valence-electron chi connectivity index (χ0n) is 11.9. The Morgan fingerprint density at radius 2 is 1.81 bits per heavy atom. The lowest BCUT2D eigenvalue weighted by Gasteiger charge is -2.23. The number of benzene rings is 1. The molecule has 110 valence electrons. The molecule has 1 aromatic rings. The normalized spacial score (nSPS) is 15.7. The molecule has 0 radical (unpaired) electrons. The van der Waals surface area contributed by atoms with Gasteiger partial charge in [-0.25, -0.2) is 0 Å². The average molecular weight is 288 g/mol. The van der Waals surface area contributed by atoms with E-state index in [0.29, 0.717) is 12.0 Å². The van der Waals surface area contributed by atoms with Crippen molar-refractivity contribution >= 4 is 23.3 Å². The summed E-state index contributed by atoms with van der Waals surface area (Å²) >= 11 is 0. The molecule has 0 saturated carbocycles. The van der Waals surface area contributed by atoms with Gasteiger partial charge in [0.15, 0.2) is 0 Å². The van der Waals surface area contributed by atoms with Crippen LogP contribution < -0.4 is 0 Å². The highest BCUT2D eigenvalue weighted by Gasteiger charge is 2.36. The number of carbonyl (C=O) groups is 3. The smallest absolute Gasteiger partial charge is 0.306 e. The quantitative estimate of drug-likeness (QED) is 0.679. The molecule has 5 nitrogen and oxygen atoms in total. The lowest BCUT2D eigenvalue weighted by Crippen LogP contribution is -2.29. The Morgan fingerprint density at radius 3 is 2.38 bits per heavy atom. The Morgan fingerprint density at radius 1 is 1.19 bits per heavy atom. The van der Waals surface area contributed by atoms with E-state index in [1.807, 2.05) is 0 Å². The van der Waals surface area contributed by atoms with E-state index in [0.717, 1.165) is 0 Å². The number of ether oxygens (including phenoxy) is 1. The minimum absolute atomic E-state index is 0.00611. The SMILES string of the molecule is CC[C@H](CC(=O)OC)C1=C(O)c2ccccc2C(=O)C1=O. The lowest BCUT2D eigenvalue weighted by molar-refractivity contribution is -0.141. The van der Waals surface area contributed by atoms with Crippen molar-refractivity contribution in [3.63, 3.8) is 0 Å². The molecule has 0 aliphatic heterocycles. The molecule has 0 fully saturated rings. The fourth-order valence-corrected chi connectivity index (χ4v) is 2.50. The molecular formula is C16H16O5. The van der Waals surface area contributed by atoms with Crippen LogP contribution in [0.3, 0.4) is 0 Å². The van der Waals surface area contributed by atoms with Crippen molar-refractivity contribution in [3.05, 3.63) is 41.0 Å². The maximum absolute atomic E-state index is 12.2. The first kappa shape index (κ1) is 15.0. The van der Waals surface area contributed by atoms with E-state index in [1.54, 1.807) is 25.1 Å². The van der Waals surface area contributed by atoms with Crippen molar-refractivity contribution in [2.24, 2.45) is 5.92 Å². The molecule has 2 rings (SSSR count). The number of aliphatic hydroxyl groups is 1. The van der Waals surface area contributed by atoms with Crippen LogP contribution in [0.4, 0.5) is 0 Å². The number of ketones is 2. The Balaban J connectivity index is 2.53. The van der Waals surface area contributed by atoms with Crippen LogP contribution in [0.2, 0.25) is 0 Å². The number of hydrogen-bond donors (Lipinski definition) is 1. The first-order valence-corrected chi connectivity index (χ1v) is 6.69. The second kappa shape index (κ2) is 5.91. The van der Waals surface area contributed by atoms with Gasteiger partial charge in [-0.1, -0.05) is 31.2 Å². The number of aliphatic hydroxyl groups excluding tert-OH is 1. The minimum atomic E-state index is -0.748. The monoisotopic (exact) mass is 288 g/mol. The first-order valence-electron chi connectivity index (χ1n) is 6.69. The highest BCUT2D eigenvalue weighted by Crippen LogP contribution is 2.34. The molecule has 0 bridgehead atoms. The predicted octanol–water partition coefficient (Wildman–Crippen LogP) is 2.31. The second-order valence-corrected chi connectivity index (χ2v) is 4.85. The van der Waals surface area contributed by atoms with Gasteiger partial charge in [-0.05, 0) is 6.42 Å². The Kier molecular flexibility index (Phi) is 4.21. The lowest BCUT2D eigenvalue weighted by atomic mass is 9.80. The Bertz CT molecular complexity index is 642. The summed E-state index contributed by atoms with van der Waals surface area (Å²) in [5.74, 6) is -2.64. The van der Waals surface area contributed by atoms with E-state index >= 15 is 0 Å². The zero-order valence-corrected chi connectivity index (χ0v) is 11.9. The molecule has 0 saturated heterocycles. The van der Waals surface area contributed by atoms with Crippen LogP contribution in [0.25, 0.3) is 5.76 Å². The van der Waals surface area contributed by atoms with E-state index in [2.05, 4.69) is 4.74 Å². The fraction of sp³-hybridized carbons (Fsp3) is 0.312. The number of rotatable bonds is 4. The maximum atomic E-state index is 12.2. The molecule has 0 unspecified atom stereocenters. The van der Waals surface area contributed by atoms with Gasteiger partial charge in [0.2, 0.25) is 11.6 Å². The number of carbonyl (C=O) groups excluding carboxylic acids is 3. The number of Topliss-reactive ketones (excluding diaryl/α,β-unsaturated/α-hetero) is 2. The van der Waals surface area contributed by atoms with Gasteiger partial charge in [-0.3, -0.25) is 14.4 Å². The van der Waals surface area contributed by atoms with Gasteiger partial charge in [-0.15, -0.1) is 0 Å². The molecule has 1 aliphatic carbocycles. The van der Waals surface area contributed by atoms with Gasteiger partial charge in [0, 0.05) is 22.6 Å². The van der Waals surface area contributed by atoms with Gasteiger partial charge in [-0.2, -0.15) is 0 Å². The standard InChI is InChI=1S/C16H16O5/c1-3-9(8-12(17)21-2)13-14(18)10-6-4-5-7-11(10)15(19)16(13)20/h4-7,9,18H,3,8H2,1-2H3/t9-/m1/s1. The van der Waals surface area contributed by atoms with Gasteiger partial charge < -0.3 is 9.84 Å². The second-order valence-electron chi connectivity index (χ2n) is 4.85. The third-order valence-corrected chi connectivity index (χ3v) is 3.67. The van der Waals surface area contributed by atoms with Crippen LogP contribution in [-0.4, -0.2) is 29.8 Å². The molecule has 21 heavy (non-hydrogen) atoms. The summed E-state index contributed by atoms with van der Waals surface area (Å²) < 4.78 is 4.60. The van der Waals surface area contributed by atoms with Crippen LogP contribution in [0, 0.1) is 5.92 Å². The number of methoxy groups -OCH3 is 1. The average Bonchev–Trinajstić information content (AvgIpc) is 2.51. The fourth-order valence-electron chi connectivity index (χ4n) is 2.50. The van der Waals surface area contributed by atoms with Crippen LogP contribution in [0.15, 0.2) is 29.8 Å². The van der Waals surface area contributed by atoms with Crippen molar-refractivity contribution in [3.8, 4) is 0 Å². The number of fused-ring (bicyclic) bond motifs is 1. The van der Waals surface area contributed by atoms with E-state index in [4.69, 9.17) is 0 Å². The van der Waals surface area contributed by atoms with E-state index in [-0.39, 0.29) is 23.3 Å². The Labute approximate surface area is 122 Å². The molecular weight excluding hydrogens is 272 g/mol. The predicted molar refractivity (Wildman–Crippen MR) is 75.7 cm³/mol. The third-order valence-electron chi connectivity index (χ3n) is 3.67. The highest BCUT2D eigenvalue weighted by molar-refractivity contribution is 6.52. The van der Waals surface area contributed by atoms with Gasteiger partial charge in [0.25, 0.3) is 0 Å². The van der Waals surface area contributed by atoms with Crippen LogP contribution in [0.5, 0.6) is 0 Å². The van der Waals surface area contributed by atoms with Crippen LogP contribution in [0.1, 0.15) is 35.7 Å². The molecule has 0 aromatic heterocycles. The molecule has 1 aliphatic rings. The minimum Gasteiger partial charge on any atom is -0.507 e. The molecule has 0 spiro atoms. The van der Waals surface area contributed by atoms with E-state index in [1.165, 1.54) is 13.2 Å². The molecule has 1 atom stereocenters. The molecule has 1 N–H and O–H groups in total. The van der Waals surface area contributed by atoms with Crippen molar-refractivity contribution in [2.45, 2.75) is 19.8 Å². The number of esters is 1.